The highest BCUT2D eigenvalue weighted by Crippen LogP contribution is 2.24. The van der Waals surface area contributed by atoms with E-state index in [1.54, 1.807) is 24.3 Å². The largest absolute Gasteiger partial charge is 0.462 e. The second kappa shape index (κ2) is 8.19. The number of hydrogen-bond acceptors (Lipinski definition) is 9. The van der Waals surface area contributed by atoms with Gasteiger partial charge in [0, 0.05) is 0 Å². The first-order chi connectivity index (χ1) is 11.3. The Bertz CT molecular complexity index is 509. The molecule has 1 aromatic rings. The summed E-state index contributed by atoms with van der Waals surface area (Å²) in [6, 6.07) is 5.62. The van der Waals surface area contributed by atoms with Gasteiger partial charge in [-0.3, -0.25) is 0 Å². The fourth-order valence-corrected chi connectivity index (χ4v) is 2.38. The Morgan fingerprint density at radius 3 is 2.21 bits per heavy atom. The van der Waals surface area contributed by atoms with Crippen molar-refractivity contribution in [2.24, 2.45) is 5.73 Å². The lowest BCUT2D eigenvalue weighted by Gasteiger charge is -2.39. The molecule has 6 atom stereocenters. The van der Waals surface area contributed by atoms with E-state index in [0.29, 0.717) is 5.75 Å². The zero-order valence-electron chi connectivity index (χ0n) is 12.8. The van der Waals surface area contributed by atoms with E-state index in [1.165, 1.54) is 0 Å². The van der Waals surface area contributed by atoms with Crippen LogP contribution in [-0.2, 0) is 11.2 Å². The summed E-state index contributed by atoms with van der Waals surface area (Å²) < 4.78 is 10.7. The van der Waals surface area contributed by atoms with Crippen LogP contribution in [0, 0.1) is 0 Å². The Kier molecular flexibility index (Phi) is 6.49. The Labute approximate surface area is 138 Å². The van der Waals surface area contributed by atoms with Crippen molar-refractivity contribution in [3.8, 4) is 5.75 Å². The van der Waals surface area contributed by atoms with Gasteiger partial charge in [-0.05, 0) is 24.1 Å². The van der Waals surface area contributed by atoms with E-state index in [2.05, 4.69) is 0 Å². The Hall–Kier alpha value is -1.30. The Balaban J connectivity index is 2.00. The summed E-state index contributed by atoms with van der Waals surface area (Å²) in [4.78, 5) is 0. The van der Waals surface area contributed by atoms with Crippen LogP contribution in [-0.4, -0.2) is 80.3 Å². The summed E-state index contributed by atoms with van der Waals surface area (Å²) >= 11 is 0. The lowest BCUT2D eigenvalue weighted by atomic mass is 9.99. The third-order valence-electron chi connectivity index (χ3n) is 3.88. The van der Waals surface area contributed by atoms with Crippen molar-refractivity contribution in [2.75, 3.05) is 6.61 Å². The lowest BCUT2D eigenvalue weighted by Crippen LogP contribution is -2.60. The van der Waals surface area contributed by atoms with Gasteiger partial charge in [0.2, 0.25) is 6.29 Å². The molecule has 0 aromatic heterocycles. The summed E-state index contributed by atoms with van der Waals surface area (Å²) in [6.45, 7) is -0.537. The second-order valence-corrected chi connectivity index (χ2v) is 5.74. The predicted molar refractivity (Wildman–Crippen MR) is 80.7 cm³/mol. The lowest BCUT2D eigenvalue weighted by molar-refractivity contribution is -0.277. The van der Waals surface area contributed by atoms with Gasteiger partial charge in [-0.2, -0.15) is 0 Å². The van der Waals surface area contributed by atoms with Gasteiger partial charge in [0.25, 0.3) is 0 Å². The summed E-state index contributed by atoms with van der Waals surface area (Å²) in [6.07, 6.45) is -8.11. The van der Waals surface area contributed by atoms with Crippen LogP contribution >= 0.6 is 0 Å². The monoisotopic (exact) mass is 345 g/mol. The molecule has 1 unspecified atom stereocenters. The average molecular weight is 345 g/mol. The molecule has 0 spiro atoms. The van der Waals surface area contributed by atoms with Crippen molar-refractivity contribution in [2.45, 2.75) is 49.5 Å². The number of ether oxygens (including phenoxy) is 2. The standard InChI is InChI=1S/C15H23NO8/c16-9(14(21)22)5-7-1-3-8(4-2-7)23-15-13(20)12(19)11(18)10(6-17)24-15/h1-4,9-15,17-22H,5-6,16H2/t9-,10+,11+,12-,13+,15?/m0/s1. The molecule has 24 heavy (non-hydrogen) atoms. The zero-order valence-corrected chi connectivity index (χ0v) is 12.8. The highest BCUT2D eigenvalue weighted by Gasteiger charge is 2.44. The number of nitrogens with two attached hydrogens (primary N) is 1. The average Bonchev–Trinajstić information content (AvgIpc) is 2.56. The molecule has 1 saturated heterocycles. The van der Waals surface area contributed by atoms with Crippen LogP contribution in [0.5, 0.6) is 5.75 Å². The van der Waals surface area contributed by atoms with E-state index in [0.717, 1.165) is 5.56 Å². The number of benzene rings is 1. The molecule has 1 heterocycles. The molecule has 1 aromatic carbocycles. The number of aliphatic hydroxyl groups is 6. The zero-order chi connectivity index (χ0) is 17.9. The molecule has 0 bridgehead atoms. The third-order valence-corrected chi connectivity index (χ3v) is 3.88. The van der Waals surface area contributed by atoms with Gasteiger partial charge in [0.15, 0.2) is 6.29 Å². The fourth-order valence-electron chi connectivity index (χ4n) is 2.38. The molecule has 0 amide bonds. The molecule has 2 rings (SSSR count). The highest BCUT2D eigenvalue weighted by atomic mass is 16.7. The SMILES string of the molecule is N[C@@H](Cc1ccc(OC2O[C@H](CO)[C@@H](O)[C@H](O)[C@H]2O)cc1)C(O)O. The quantitative estimate of drug-likeness (QED) is 0.267. The number of rotatable bonds is 6. The van der Waals surface area contributed by atoms with E-state index in [1.807, 2.05) is 0 Å². The molecule has 0 saturated carbocycles. The van der Waals surface area contributed by atoms with Crippen LogP contribution in [0.3, 0.4) is 0 Å². The third kappa shape index (κ3) is 4.41. The summed E-state index contributed by atoms with van der Waals surface area (Å²) in [5.41, 5.74) is 6.30. The van der Waals surface area contributed by atoms with Crippen LogP contribution in [0.1, 0.15) is 5.56 Å². The normalized spacial score (nSPS) is 31.9. The van der Waals surface area contributed by atoms with E-state index >= 15 is 0 Å². The van der Waals surface area contributed by atoms with Gasteiger partial charge >= 0.3 is 0 Å². The second-order valence-electron chi connectivity index (χ2n) is 5.74. The summed E-state index contributed by atoms with van der Waals surface area (Å²) in [7, 11) is 0. The molecule has 0 radical (unpaired) electrons. The first kappa shape index (κ1) is 19.0. The maximum atomic E-state index is 9.90. The van der Waals surface area contributed by atoms with Crippen molar-refractivity contribution in [3.63, 3.8) is 0 Å². The van der Waals surface area contributed by atoms with Crippen LogP contribution in [0.2, 0.25) is 0 Å². The van der Waals surface area contributed by atoms with Gasteiger partial charge in [-0.1, -0.05) is 12.1 Å². The minimum atomic E-state index is -1.62. The van der Waals surface area contributed by atoms with Crippen LogP contribution in [0.15, 0.2) is 24.3 Å². The molecule has 1 fully saturated rings. The first-order valence-electron chi connectivity index (χ1n) is 7.51. The maximum absolute atomic E-state index is 9.90. The molecule has 1 aliphatic heterocycles. The van der Waals surface area contributed by atoms with Crippen molar-refractivity contribution >= 4 is 0 Å². The van der Waals surface area contributed by atoms with Crippen molar-refractivity contribution in [1.29, 1.82) is 0 Å². The van der Waals surface area contributed by atoms with Gasteiger partial charge < -0.3 is 45.8 Å². The van der Waals surface area contributed by atoms with E-state index in [4.69, 9.17) is 30.5 Å². The van der Waals surface area contributed by atoms with Crippen molar-refractivity contribution < 1.29 is 40.1 Å². The van der Waals surface area contributed by atoms with Crippen LogP contribution in [0.4, 0.5) is 0 Å². The molecule has 136 valence electrons. The van der Waals surface area contributed by atoms with Gasteiger partial charge in [0.05, 0.1) is 12.6 Å². The summed E-state index contributed by atoms with van der Waals surface area (Å²) in [5.74, 6) is 0.321. The highest BCUT2D eigenvalue weighted by molar-refractivity contribution is 5.28. The number of hydrogen-bond donors (Lipinski definition) is 7. The minimum Gasteiger partial charge on any atom is -0.462 e. The van der Waals surface area contributed by atoms with Crippen LogP contribution in [0.25, 0.3) is 0 Å². The molecule has 0 aliphatic carbocycles. The molecule has 9 heteroatoms. The first-order valence-corrected chi connectivity index (χ1v) is 7.51. The van der Waals surface area contributed by atoms with E-state index in [-0.39, 0.29) is 6.42 Å². The molecule has 8 N–H and O–H groups in total. The predicted octanol–water partition coefficient (Wildman–Crippen LogP) is -2.95. The molecular formula is C15H23NO8. The molecule has 1 aliphatic rings. The van der Waals surface area contributed by atoms with Gasteiger partial charge in [-0.25, -0.2) is 0 Å². The molecule has 9 nitrogen and oxygen atoms in total. The summed E-state index contributed by atoms with van der Waals surface area (Å²) in [5, 5.41) is 56.4. The molecular weight excluding hydrogens is 322 g/mol. The topological polar surface area (TPSA) is 166 Å². The fraction of sp³-hybridized carbons (Fsp3) is 0.600. The minimum absolute atomic E-state index is 0.248. The maximum Gasteiger partial charge on any atom is 0.229 e. The number of aliphatic hydroxyl groups excluding tert-OH is 5. The smallest absolute Gasteiger partial charge is 0.229 e. The van der Waals surface area contributed by atoms with Crippen LogP contribution < -0.4 is 10.5 Å². The van der Waals surface area contributed by atoms with Crippen molar-refractivity contribution in [3.05, 3.63) is 29.8 Å². The van der Waals surface area contributed by atoms with E-state index < -0.39 is 49.6 Å². The Morgan fingerprint density at radius 2 is 1.67 bits per heavy atom. The Morgan fingerprint density at radius 1 is 1.04 bits per heavy atom. The van der Waals surface area contributed by atoms with Gasteiger partial charge in [-0.15, -0.1) is 0 Å². The van der Waals surface area contributed by atoms with E-state index in [9.17, 15) is 15.3 Å². The van der Waals surface area contributed by atoms with Crippen molar-refractivity contribution in [1.82, 2.24) is 0 Å². The van der Waals surface area contributed by atoms with Gasteiger partial charge in [0.1, 0.15) is 30.2 Å².